The van der Waals surface area contributed by atoms with E-state index in [-0.39, 0.29) is 17.7 Å². The van der Waals surface area contributed by atoms with Crippen LogP contribution in [0.1, 0.15) is 25.3 Å². The van der Waals surface area contributed by atoms with Crippen LogP contribution in [0.15, 0.2) is 24.3 Å². The van der Waals surface area contributed by atoms with Gasteiger partial charge in [-0.05, 0) is 24.1 Å². The minimum absolute atomic E-state index is 0.0797. The normalized spacial score (nSPS) is 11.7. The van der Waals surface area contributed by atoms with E-state index in [1.807, 2.05) is 24.3 Å². The van der Waals surface area contributed by atoms with Crippen LogP contribution in [0.3, 0.4) is 0 Å². The molecule has 0 saturated heterocycles. The number of nitrogens with two attached hydrogens (primary N) is 1. The molecule has 3 N–H and O–H groups in total. The molecule has 5 nitrogen and oxygen atoms in total. The molecule has 0 spiro atoms. The molecule has 1 aromatic rings. The molecule has 0 fully saturated rings. The first-order chi connectivity index (χ1) is 9.02. The summed E-state index contributed by atoms with van der Waals surface area (Å²) in [5.74, 6) is 0.0592. The Morgan fingerprint density at radius 3 is 2.47 bits per heavy atom. The summed E-state index contributed by atoms with van der Waals surface area (Å²) in [7, 11) is 1.61. The largest absolute Gasteiger partial charge is 0.497 e. The van der Waals surface area contributed by atoms with E-state index >= 15 is 0 Å². The van der Waals surface area contributed by atoms with Gasteiger partial charge in [0.05, 0.1) is 7.11 Å². The Labute approximate surface area is 113 Å². The molecule has 0 bridgehead atoms. The number of carbonyl (C=O) groups is 2. The van der Waals surface area contributed by atoms with Gasteiger partial charge in [-0.3, -0.25) is 9.59 Å². The van der Waals surface area contributed by atoms with E-state index in [4.69, 9.17) is 10.5 Å². The molecule has 2 amide bonds. The molecule has 0 aliphatic carbocycles. The van der Waals surface area contributed by atoms with Gasteiger partial charge in [0.1, 0.15) is 5.75 Å². The van der Waals surface area contributed by atoms with Crippen molar-refractivity contribution in [3.63, 3.8) is 0 Å². The van der Waals surface area contributed by atoms with E-state index in [0.717, 1.165) is 11.3 Å². The van der Waals surface area contributed by atoms with Crippen molar-refractivity contribution in [2.75, 3.05) is 7.11 Å². The van der Waals surface area contributed by atoms with E-state index in [1.54, 1.807) is 14.0 Å². The standard InChI is InChI=1S/C14H20N2O3/c1-10(14(15)18)3-8-13(17)16-9-11-4-6-12(19-2)7-5-11/h4-7,10H,3,8-9H2,1-2H3,(H2,15,18)(H,16,17)/t10-/m0/s1. The van der Waals surface area contributed by atoms with E-state index < -0.39 is 0 Å². The number of nitrogens with one attached hydrogen (secondary N) is 1. The summed E-state index contributed by atoms with van der Waals surface area (Å²) < 4.78 is 5.05. The lowest BCUT2D eigenvalue weighted by Gasteiger charge is -2.08. The molecule has 1 aromatic carbocycles. The summed E-state index contributed by atoms with van der Waals surface area (Å²) in [6, 6.07) is 7.48. The number of carbonyl (C=O) groups excluding carboxylic acids is 2. The smallest absolute Gasteiger partial charge is 0.220 e. The average Bonchev–Trinajstić information content (AvgIpc) is 2.42. The second-order valence-corrected chi connectivity index (χ2v) is 4.47. The van der Waals surface area contributed by atoms with Crippen LogP contribution in [-0.4, -0.2) is 18.9 Å². The summed E-state index contributed by atoms with van der Waals surface area (Å²) in [5.41, 5.74) is 6.13. The fourth-order valence-corrected chi connectivity index (χ4v) is 1.52. The third kappa shape index (κ3) is 5.42. The fourth-order valence-electron chi connectivity index (χ4n) is 1.52. The van der Waals surface area contributed by atoms with E-state index in [9.17, 15) is 9.59 Å². The van der Waals surface area contributed by atoms with Gasteiger partial charge in [0.25, 0.3) is 0 Å². The van der Waals surface area contributed by atoms with Crippen molar-refractivity contribution in [1.29, 1.82) is 0 Å². The van der Waals surface area contributed by atoms with Crippen molar-refractivity contribution in [3.05, 3.63) is 29.8 Å². The van der Waals surface area contributed by atoms with Crippen LogP contribution >= 0.6 is 0 Å². The lowest BCUT2D eigenvalue weighted by atomic mass is 10.1. The van der Waals surface area contributed by atoms with Crippen LogP contribution in [0.2, 0.25) is 0 Å². The number of hydrogen-bond donors (Lipinski definition) is 2. The minimum atomic E-state index is -0.372. The zero-order valence-corrected chi connectivity index (χ0v) is 11.3. The monoisotopic (exact) mass is 264 g/mol. The third-order valence-electron chi connectivity index (χ3n) is 2.94. The number of rotatable bonds is 7. The number of benzene rings is 1. The van der Waals surface area contributed by atoms with Crippen LogP contribution in [0.4, 0.5) is 0 Å². The summed E-state index contributed by atoms with van der Waals surface area (Å²) in [6.45, 7) is 2.19. The molecule has 1 atom stereocenters. The van der Waals surface area contributed by atoms with Gasteiger partial charge < -0.3 is 15.8 Å². The molecule has 0 unspecified atom stereocenters. The van der Waals surface area contributed by atoms with Crippen molar-refractivity contribution in [3.8, 4) is 5.75 Å². The SMILES string of the molecule is COc1ccc(CNC(=O)CC[C@H](C)C(N)=O)cc1. The van der Waals surface area contributed by atoms with E-state index in [1.165, 1.54) is 0 Å². The van der Waals surface area contributed by atoms with Gasteiger partial charge in [-0.2, -0.15) is 0 Å². The van der Waals surface area contributed by atoms with Crippen molar-refractivity contribution in [1.82, 2.24) is 5.32 Å². The van der Waals surface area contributed by atoms with Crippen LogP contribution < -0.4 is 15.8 Å². The maximum Gasteiger partial charge on any atom is 0.220 e. The number of ether oxygens (including phenoxy) is 1. The van der Waals surface area contributed by atoms with Gasteiger partial charge in [0.2, 0.25) is 11.8 Å². The summed E-state index contributed by atoms with van der Waals surface area (Å²) >= 11 is 0. The quantitative estimate of drug-likeness (QED) is 0.776. The summed E-state index contributed by atoms with van der Waals surface area (Å²) in [6.07, 6.45) is 0.782. The molecule has 5 heteroatoms. The molecule has 0 aliphatic heterocycles. The van der Waals surface area contributed by atoms with Crippen LogP contribution in [0.25, 0.3) is 0 Å². The molecule has 0 heterocycles. The molecule has 0 radical (unpaired) electrons. The number of primary amides is 1. The van der Waals surface area contributed by atoms with E-state index in [2.05, 4.69) is 5.32 Å². The first-order valence-electron chi connectivity index (χ1n) is 6.22. The number of amides is 2. The number of methoxy groups -OCH3 is 1. The highest BCUT2D eigenvalue weighted by atomic mass is 16.5. The predicted molar refractivity (Wildman–Crippen MR) is 72.4 cm³/mol. The highest BCUT2D eigenvalue weighted by molar-refractivity contribution is 5.79. The topological polar surface area (TPSA) is 81.4 Å². The Balaban J connectivity index is 2.31. The Hall–Kier alpha value is -2.04. The van der Waals surface area contributed by atoms with Gasteiger partial charge in [-0.1, -0.05) is 19.1 Å². The Kier molecular flexibility index (Phi) is 5.85. The molecule has 104 valence electrons. The van der Waals surface area contributed by atoms with Crippen molar-refractivity contribution >= 4 is 11.8 Å². The third-order valence-corrected chi connectivity index (χ3v) is 2.94. The summed E-state index contributed by atoms with van der Waals surface area (Å²) in [4.78, 5) is 22.4. The van der Waals surface area contributed by atoms with Crippen molar-refractivity contribution < 1.29 is 14.3 Å². The zero-order valence-electron chi connectivity index (χ0n) is 11.3. The minimum Gasteiger partial charge on any atom is -0.497 e. The average molecular weight is 264 g/mol. The first kappa shape index (κ1) is 15.0. The Morgan fingerprint density at radius 1 is 1.32 bits per heavy atom. The summed E-state index contributed by atoms with van der Waals surface area (Å²) in [5, 5.41) is 2.80. The maximum atomic E-state index is 11.6. The van der Waals surface area contributed by atoms with Gasteiger partial charge in [-0.15, -0.1) is 0 Å². The molecular formula is C14H20N2O3. The van der Waals surface area contributed by atoms with Crippen LogP contribution in [0, 0.1) is 5.92 Å². The van der Waals surface area contributed by atoms with Crippen molar-refractivity contribution in [2.45, 2.75) is 26.3 Å². The van der Waals surface area contributed by atoms with E-state index in [0.29, 0.717) is 19.4 Å². The Morgan fingerprint density at radius 2 is 1.95 bits per heavy atom. The number of hydrogen-bond acceptors (Lipinski definition) is 3. The second-order valence-electron chi connectivity index (χ2n) is 4.47. The highest BCUT2D eigenvalue weighted by Gasteiger charge is 2.10. The second kappa shape index (κ2) is 7.41. The Bertz CT molecular complexity index is 429. The maximum absolute atomic E-state index is 11.6. The molecule has 1 rings (SSSR count). The molecule has 0 aromatic heterocycles. The van der Waals surface area contributed by atoms with Crippen molar-refractivity contribution in [2.24, 2.45) is 11.7 Å². The molecular weight excluding hydrogens is 244 g/mol. The van der Waals surface area contributed by atoms with Gasteiger partial charge in [0, 0.05) is 18.9 Å². The predicted octanol–water partition coefficient (Wildman–Crippen LogP) is 1.21. The van der Waals surface area contributed by atoms with Crippen LogP contribution in [0.5, 0.6) is 5.75 Å². The van der Waals surface area contributed by atoms with Gasteiger partial charge in [-0.25, -0.2) is 0 Å². The molecule has 19 heavy (non-hydrogen) atoms. The first-order valence-corrected chi connectivity index (χ1v) is 6.22. The fraction of sp³-hybridized carbons (Fsp3) is 0.429. The molecule has 0 saturated carbocycles. The van der Waals surface area contributed by atoms with Gasteiger partial charge >= 0.3 is 0 Å². The lowest BCUT2D eigenvalue weighted by molar-refractivity contribution is -0.123. The van der Waals surface area contributed by atoms with Crippen LogP contribution in [-0.2, 0) is 16.1 Å². The lowest BCUT2D eigenvalue weighted by Crippen LogP contribution is -2.26. The van der Waals surface area contributed by atoms with Gasteiger partial charge in [0.15, 0.2) is 0 Å². The molecule has 0 aliphatic rings. The highest BCUT2D eigenvalue weighted by Crippen LogP contribution is 2.11. The zero-order chi connectivity index (χ0) is 14.3.